The highest BCUT2D eigenvalue weighted by Crippen LogP contribution is 2.41. The van der Waals surface area contributed by atoms with Crippen LogP contribution in [0.4, 0.5) is 4.39 Å². The van der Waals surface area contributed by atoms with E-state index in [1.54, 1.807) is 24.3 Å². The third kappa shape index (κ3) is 8.79. The molecule has 0 saturated carbocycles. The van der Waals surface area contributed by atoms with E-state index in [9.17, 15) is 17.6 Å². The number of hydrogen-bond donors (Lipinski definition) is 1. The summed E-state index contributed by atoms with van der Waals surface area (Å²) in [6, 6.07) is 8.14. The Labute approximate surface area is 213 Å². The van der Waals surface area contributed by atoms with E-state index in [4.69, 9.17) is 23.5 Å². The van der Waals surface area contributed by atoms with Gasteiger partial charge in [0.1, 0.15) is 24.0 Å². The minimum Gasteiger partial charge on any atom is -0.494 e. The Bertz CT molecular complexity index is 1190. The molecule has 2 heterocycles. The van der Waals surface area contributed by atoms with Crippen molar-refractivity contribution in [1.29, 1.82) is 0 Å². The van der Waals surface area contributed by atoms with Crippen LogP contribution in [0, 0.1) is 5.82 Å². The Kier molecular flexibility index (Phi) is 10.1. The van der Waals surface area contributed by atoms with Crippen LogP contribution in [0.1, 0.15) is 15.9 Å². The highest BCUT2D eigenvalue weighted by molar-refractivity contribution is 7.99. The van der Waals surface area contributed by atoms with Gasteiger partial charge in [-0.2, -0.15) is 8.42 Å². The van der Waals surface area contributed by atoms with Gasteiger partial charge in [-0.3, -0.25) is 14.2 Å². The number of benzene rings is 2. The average molecular weight is 542 g/mol. The molecular formula is C24H28FNO8S2. The van der Waals surface area contributed by atoms with Gasteiger partial charge >= 0.3 is 0 Å². The number of ketones is 1. The van der Waals surface area contributed by atoms with Crippen molar-refractivity contribution in [1.82, 2.24) is 4.90 Å². The maximum atomic E-state index is 13.9. The molecule has 1 fully saturated rings. The van der Waals surface area contributed by atoms with Crippen LogP contribution < -0.4 is 14.2 Å². The lowest BCUT2D eigenvalue weighted by Crippen LogP contribution is -2.38. The third-order valence-electron chi connectivity index (χ3n) is 5.11. The topological polar surface area (TPSA) is 112 Å². The zero-order chi connectivity index (χ0) is 26.1. The van der Waals surface area contributed by atoms with Crippen LogP contribution in [-0.4, -0.2) is 82.4 Å². The molecule has 9 nitrogen and oxygen atoms in total. The van der Waals surface area contributed by atoms with Crippen molar-refractivity contribution >= 4 is 33.7 Å². The summed E-state index contributed by atoms with van der Waals surface area (Å²) in [7, 11) is -2.26. The number of halogens is 1. The fraction of sp³-hybridized carbons (Fsp3) is 0.375. The fourth-order valence-corrected chi connectivity index (χ4v) is 4.17. The second-order valence-electron chi connectivity index (χ2n) is 7.83. The Morgan fingerprint density at radius 1 is 1.22 bits per heavy atom. The maximum absolute atomic E-state index is 13.9. The van der Waals surface area contributed by atoms with Crippen LogP contribution in [0.5, 0.6) is 17.2 Å². The van der Waals surface area contributed by atoms with Crippen LogP contribution in [0.25, 0.3) is 6.08 Å². The van der Waals surface area contributed by atoms with Gasteiger partial charge in [0.2, 0.25) is 0 Å². The molecule has 2 aliphatic heterocycles. The van der Waals surface area contributed by atoms with Gasteiger partial charge < -0.3 is 18.9 Å². The molecule has 0 aromatic heterocycles. The molecule has 0 unspecified atom stereocenters. The van der Waals surface area contributed by atoms with Crippen molar-refractivity contribution in [2.75, 3.05) is 58.8 Å². The minimum atomic E-state index is -3.67. The molecule has 0 amide bonds. The number of hydrogen-bond acceptors (Lipinski definition) is 9. The number of carbonyl (C=O) groups excluding carboxylic acids is 1. The number of thioether (sulfide) groups is 1. The normalized spacial score (nSPS) is 15.6. The number of ether oxygens (including phenoxy) is 4. The number of methoxy groups -OCH3 is 1. The highest BCUT2D eigenvalue weighted by Gasteiger charge is 2.21. The third-order valence-corrected chi connectivity index (χ3v) is 5.98. The number of nitrogens with zero attached hydrogens (tertiary/aromatic N) is 1. The fourth-order valence-electron chi connectivity index (χ4n) is 3.39. The summed E-state index contributed by atoms with van der Waals surface area (Å²) in [5.74, 6) is 1.20. The smallest absolute Gasteiger partial charge is 0.261 e. The van der Waals surface area contributed by atoms with Crippen molar-refractivity contribution in [3.05, 3.63) is 53.4 Å². The van der Waals surface area contributed by atoms with Crippen LogP contribution in [0.3, 0.4) is 0 Å². The standard InChI is InChI=1S/C23H24FNO5S.CH4O3S/c1-27-20-5-3-16(12-18(20)24)2-4-19(26)17-13-23-22(30-15-31-23)14-21(17)29-11-8-25-6-9-28-10-7-25;1-5(2,3)4/h2-5,12-14H,6-11,15H2,1H3;1H3,(H,2,3,4). The van der Waals surface area contributed by atoms with E-state index in [1.165, 1.54) is 37.1 Å². The molecule has 36 heavy (non-hydrogen) atoms. The van der Waals surface area contributed by atoms with Gasteiger partial charge in [0, 0.05) is 25.7 Å². The largest absolute Gasteiger partial charge is 0.494 e. The molecular weight excluding hydrogens is 513 g/mol. The van der Waals surface area contributed by atoms with Crippen LogP contribution >= 0.6 is 11.8 Å². The van der Waals surface area contributed by atoms with Gasteiger partial charge in [-0.05, 0) is 29.8 Å². The summed E-state index contributed by atoms with van der Waals surface area (Å²) in [6.07, 6.45) is 3.73. The zero-order valence-corrected chi connectivity index (χ0v) is 21.6. The van der Waals surface area contributed by atoms with E-state index in [2.05, 4.69) is 4.90 Å². The molecule has 0 aliphatic carbocycles. The van der Waals surface area contributed by atoms with Crippen molar-refractivity contribution in [3.8, 4) is 17.2 Å². The predicted molar refractivity (Wildman–Crippen MR) is 134 cm³/mol. The van der Waals surface area contributed by atoms with E-state index in [0.29, 0.717) is 35.7 Å². The molecule has 1 N–H and O–H groups in total. The SMILES string of the molecule is COc1ccc(C=CC(=O)c2cc3c(cc2OCCN2CCOCC2)OCS3)cc1F.CS(=O)(=O)O. The van der Waals surface area contributed by atoms with Gasteiger partial charge in [0.25, 0.3) is 10.1 Å². The number of allylic oxidation sites excluding steroid dienone is 1. The van der Waals surface area contributed by atoms with E-state index in [1.807, 2.05) is 0 Å². The first kappa shape index (κ1) is 27.9. The Balaban J connectivity index is 0.000000658. The quantitative estimate of drug-likeness (QED) is 0.303. The Morgan fingerprint density at radius 3 is 2.61 bits per heavy atom. The summed E-state index contributed by atoms with van der Waals surface area (Å²) in [6.45, 7) is 4.42. The predicted octanol–water partition coefficient (Wildman–Crippen LogP) is 3.39. The summed E-state index contributed by atoms with van der Waals surface area (Å²) < 4.78 is 61.7. The molecule has 2 aliphatic rings. The number of rotatable bonds is 8. The van der Waals surface area contributed by atoms with Gasteiger partial charge in [-0.1, -0.05) is 23.9 Å². The summed E-state index contributed by atoms with van der Waals surface area (Å²) in [5.41, 5.74) is 1.03. The lowest BCUT2D eigenvalue weighted by Gasteiger charge is -2.26. The first-order chi connectivity index (χ1) is 17.1. The second kappa shape index (κ2) is 13.1. The second-order valence-corrected chi connectivity index (χ2v) is 10.3. The van der Waals surface area contributed by atoms with Crippen molar-refractivity contribution in [2.45, 2.75) is 4.90 Å². The summed E-state index contributed by atoms with van der Waals surface area (Å²) in [5, 5.41) is 0. The molecule has 196 valence electrons. The Morgan fingerprint density at radius 2 is 1.94 bits per heavy atom. The van der Waals surface area contributed by atoms with Crippen molar-refractivity contribution in [2.24, 2.45) is 0 Å². The molecule has 2 aromatic carbocycles. The molecule has 0 bridgehead atoms. The maximum Gasteiger partial charge on any atom is 0.261 e. The van der Waals surface area contributed by atoms with E-state index >= 15 is 0 Å². The van der Waals surface area contributed by atoms with Gasteiger partial charge in [-0.15, -0.1) is 0 Å². The van der Waals surface area contributed by atoms with Crippen molar-refractivity contribution in [3.63, 3.8) is 0 Å². The average Bonchev–Trinajstić information content (AvgIpc) is 3.29. The van der Waals surface area contributed by atoms with Crippen LogP contribution in [0.15, 0.2) is 41.3 Å². The molecule has 0 atom stereocenters. The zero-order valence-electron chi connectivity index (χ0n) is 19.9. The highest BCUT2D eigenvalue weighted by atomic mass is 32.2. The lowest BCUT2D eigenvalue weighted by atomic mass is 10.1. The first-order valence-corrected chi connectivity index (χ1v) is 13.8. The molecule has 1 saturated heterocycles. The summed E-state index contributed by atoms with van der Waals surface area (Å²) >= 11 is 1.54. The van der Waals surface area contributed by atoms with Gasteiger partial charge in [-0.25, -0.2) is 4.39 Å². The minimum absolute atomic E-state index is 0.162. The van der Waals surface area contributed by atoms with E-state index < -0.39 is 15.9 Å². The van der Waals surface area contributed by atoms with E-state index in [0.717, 1.165) is 43.5 Å². The number of fused-ring (bicyclic) bond motifs is 1. The first-order valence-electron chi connectivity index (χ1n) is 11.0. The molecule has 0 spiro atoms. The number of carbonyl (C=O) groups is 1. The van der Waals surface area contributed by atoms with Gasteiger partial charge in [0.15, 0.2) is 17.3 Å². The molecule has 4 rings (SSSR count). The molecule has 2 aromatic rings. The van der Waals surface area contributed by atoms with Gasteiger partial charge in [0.05, 0.1) is 37.0 Å². The van der Waals surface area contributed by atoms with Crippen LogP contribution in [-0.2, 0) is 14.9 Å². The lowest BCUT2D eigenvalue weighted by molar-refractivity contribution is 0.0322. The molecule has 0 radical (unpaired) electrons. The Hall–Kier alpha value is -2.64. The molecule has 12 heteroatoms. The van der Waals surface area contributed by atoms with E-state index in [-0.39, 0.29) is 11.5 Å². The van der Waals surface area contributed by atoms with Crippen LogP contribution in [0.2, 0.25) is 0 Å². The summed E-state index contributed by atoms with van der Waals surface area (Å²) in [4.78, 5) is 16.1. The number of morpholine rings is 1. The van der Waals surface area contributed by atoms with Crippen molar-refractivity contribution < 1.29 is 41.1 Å². The monoisotopic (exact) mass is 541 g/mol.